The Labute approximate surface area is 102 Å². The number of rotatable bonds is 3. The minimum absolute atomic E-state index is 0.0886. The number of benzene rings is 1. The third kappa shape index (κ3) is 2.64. The molecular weight excluding hydrogens is 210 g/mol. The Morgan fingerprint density at radius 1 is 1.06 bits per heavy atom. The van der Waals surface area contributed by atoms with Crippen molar-refractivity contribution in [3.05, 3.63) is 69.6 Å². The van der Waals surface area contributed by atoms with Crippen LogP contribution in [0.4, 0.5) is 0 Å². The van der Waals surface area contributed by atoms with E-state index in [0.717, 1.165) is 23.2 Å². The van der Waals surface area contributed by atoms with Gasteiger partial charge in [-0.3, -0.25) is 4.79 Å². The number of hydrogen-bond acceptors (Lipinski definition) is 1. The molecule has 0 radical (unpaired) electrons. The summed E-state index contributed by atoms with van der Waals surface area (Å²) in [5, 5.41) is 0. The van der Waals surface area contributed by atoms with Crippen LogP contribution < -0.4 is 5.56 Å². The summed E-state index contributed by atoms with van der Waals surface area (Å²) in [6.07, 6.45) is 0.905. The SMILES string of the molecule is CCc1cc(C)n(Cc2ccccc2)c(=O)c1. The Hall–Kier alpha value is -1.83. The molecule has 0 aliphatic heterocycles. The second-order valence-corrected chi connectivity index (χ2v) is 4.27. The highest BCUT2D eigenvalue weighted by Crippen LogP contribution is 2.06. The summed E-state index contributed by atoms with van der Waals surface area (Å²) in [7, 11) is 0. The van der Waals surface area contributed by atoms with Gasteiger partial charge in [0.1, 0.15) is 0 Å². The smallest absolute Gasteiger partial charge is 0.251 e. The molecule has 0 amide bonds. The average molecular weight is 227 g/mol. The first-order valence-electron chi connectivity index (χ1n) is 5.95. The molecule has 0 N–H and O–H groups in total. The monoisotopic (exact) mass is 227 g/mol. The van der Waals surface area contributed by atoms with Crippen LogP contribution in [0.25, 0.3) is 0 Å². The number of nitrogens with zero attached hydrogens (tertiary/aromatic N) is 1. The zero-order valence-electron chi connectivity index (χ0n) is 10.3. The van der Waals surface area contributed by atoms with Gasteiger partial charge in [-0.15, -0.1) is 0 Å². The largest absolute Gasteiger partial charge is 0.309 e. The van der Waals surface area contributed by atoms with Gasteiger partial charge in [0, 0.05) is 11.8 Å². The fourth-order valence-electron chi connectivity index (χ4n) is 1.97. The van der Waals surface area contributed by atoms with Gasteiger partial charge in [0.2, 0.25) is 0 Å². The molecule has 17 heavy (non-hydrogen) atoms. The number of aromatic nitrogens is 1. The van der Waals surface area contributed by atoms with E-state index in [1.165, 1.54) is 0 Å². The lowest BCUT2D eigenvalue weighted by molar-refractivity contribution is 0.725. The number of aryl methyl sites for hydroxylation is 2. The molecule has 0 aliphatic carbocycles. The molecule has 1 aromatic carbocycles. The Bertz CT molecular complexity index is 555. The molecule has 88 valence electrons. The van der Waals surface area contributed by atoms with Gasteiger partial charge in [0.15, 0.2) is 0 Å². The minimum atomic E-state index is 0.0886. The predicted octanol–water partition coefficient (Wildman–Crippen LogP) is 2.77. The van der Waals surface area contributed by atoms with Crippen LogP contribution in [0, 0.1) is 6.92 Å². The molecule has 2 rings (SSSR count). The van der Waals surface area contributed by atoms with Crippen molar-refractivity contribution in [2.75, 3.05) is 0 Å². The van der Waals surface area contributed by atoms with E-state index in [1.807, 2.05) is 41.8 Å². The van der Waals surface area contributed by atoms with E-state index in [9.17, 15) is 4.79 Å². The van der Waals surface area contributed by atoms with E-state index >= 15 is 0 Å². The molecule has 2 heteroatoms. The maximum absolute atomic E-state index is 12.0. The van der Waals surface area contributed by atoms with Crippen molar-refractivity contribution in [3.8, 4) is 0 Å². The summed E-state index contributed by atoms with van der Waals surface area (Å²) < 4.78 is 1.81. The second-order valence-electron chi connectivity index (χ2n) is 4.27. The lowest BCUT2D eigenvalue weighted by atomic mass is 10.1. The molecule has 0 atom stereocenters. The number of hydrogen-bond donors (Lipinski definition) is 0. The third-order valence-electron chi connectivity index (χ3n) is 2.99. The van der Waals surface area contributed by atoms with Gasteiger partial charge < -0.3 is 4.57 Å². The quantitative estimate of drug-likeness (QED) is 0.790. The highest BCUT2D eigenvalue weighted by Gasteiger charge is 2.03. The molecular formula is C15H17NO. The zero-order valence-corrected chi connectivity index (χ0v) is 10.3. The third-order valence-corrected chi connectivity index (χ3v) is 2.99. The molecule has 0 aliphatic rings. The van der Waals surface area contributed by atoms with Crippen molar-refractivity contribution in [1.29, 1.82) is 0 Å². The van der Waals surface area contributed by atoms with Crippen LogP contribution in [0.1, 0.15) is 23.7 Å². The van der Waals surface area contributed by atoms with Gasteiger partial charge in [0.25, 0.3) is 5.56 Å². The van der Waals surface area contributed by atoms with Gasteiger partial charge in [0.05, 0.1) is 6.54 Å². The maximum atomic E-state index is 12.0. The normalized spacial score (nSPS) is 10.5. The Kier molecular flexibility index (Phi) is 3.43. The Balaban J connectivity index is 2.37. The van der Waals surface area contributed by atoms with Crippen molar-refractivity contribution < 1.29 is 0 Å². The number of pyridine rings is 1. The molecule has 0 spiro atoms. The molecule has 0 saturated carbocycles. The predicted molar refractivity (Wildman–Crippen MR) is 70.4 cm³/mol. The van der Waals surface area contributed by atoms with Crippen molar-refractivity contribution in [1.82, 2.24) is 4.57 Å². The lowest BCUT2D eigenvalue weighted by Gasteiger charge is -2.11. The molecule has 1 aromatic heterocycles. The highest BCUT2D eigenvalue weighted by atomic mass is 16.1. The van der Waals surface area contributed by atoms with Crippen molar-refractivity contribution >= 4 is 0 Å². The van der Waals surface area contributed by atoms with E-state index in [1.54, 1.807) is 6.07 Å². The van der Waals surface area contributed by atoms with Crippen molar-refractivity contribution in [2.45, 2.75) is 26.8 Å². The summed E-state index contributed by atoms with van der Waals surface area (Å²) in [6.45, 7) is 4.70. The molecule has 0 unspecified atom stereocenters. The maximum Gasteiger partial charge on any atom is 0.251 e. The van der Waals surface area contributed by atoms with Gasteiger partial charge in [-0.1, -0.05) is 37.3 Å². The van der Waals surface area contributed by atoms with Crippen LogP contribution in [0.5, 0.6) is 0 Å². The van der Waals surface area contributed by atoms with Gasteiger partial charge in [-0.25, -0.2) is 0 Å². The van der Waals surface area contributed by atoms with Crippen LogP contribution in [-0.2, 0) is 13.0 Å². The average Bonchev–Trinajstić information content (AvgIpc) is 2.35. The van der Waals surface area contributed by atoms with E-state index < -0.39 is 0 Å². The van der Waals surface area contributed by atoms with Gasteiger partial charge >= 0.3 is 0 Å². The van der Waals surface area contributed by atoms with Crippen LogP contribution in [0.3, 0.4) is 0 Å². The molecule has 0 bridgehead atoms. The molecule has 0 fully saturated rings. The first kappa shape index (κ1) is 11.6. The minimum Gasteiger partial charge on any atom is -0.309 e. The first-order chi connectivity index (χ1) is 8.20. The van der Waals surface area contributed by atoms with Crippen LogP contribution in [0.2, 0.25) is 0 Å². The summed E-state index contributed by atoms with van der Waals surface area (Å²) in [5.74, 6) is 0. The fraction of sp³-hybridized carbons (Fsp3) is 0.267. The second kappa shape index (κ2) is 5.00. The van der Waals surface area contributed by atoms with Crippen LogP contribution in [0.15, 0.2) is 47.3 Å². The van der Waals surface area contributed by atoms with Crippen molar-refractivity contribution in [2.24, 2.45) is 0 Å². The van der Waals surface area contributed by atoms with E-state index in [4.69, 9.17) is 0 Å². The lowest BCUT2D eigenvalue weighted by Crippen LogP contribution is -2.22. The topological polar surface area (TPSA) is 22.0 Å². The Morgan fingerprint density at radius 3 is 2.35 bits per heavy atom. The molecule has 0 saturated heterocycles. The molecule has 1 heterocycles. The molecule has 2 aromatic rings. The highest BCUT2D eigenvalue weighted by molar-refractivity contribution is 5.20. The Morgan fingerprint density at radius 2 is 1.76 bits per heavy atom. The van der Waals surface area contributed by atoms with E-state index in [2.05, 4.69) is 13.0 Å². The van der Waals surface area contributed by atoms with Crippen LogP contribution in [-0.4, -0.2) is 4.57 Å². The van der Waals surface area contributed by atoms with E-state index in [-0.39, 0.29) is 5.56 Å². The standard InChI is InChI=1S/C15H17NO/c1-3-13-9-12(2)16(15(17)10-13)11-14-7-5-4-6-8-14/h4-10H,3,11H2,1-2H3. The molecule has 2 nitrogen and oxygen atoms in total. The van der Waals surface area contributed by atoms with Gasteiger partial charge in [-0.2, -0.15) is 0 Å². The van der Waals surface area contributed by atoms with E-state index in [0.29, 0.717) is 6.54 Å². The summed E-state index contributed by atoms with van der Waals surface area (Å²) >= 11 is 0. The summed E-state index contributed by atoms with van der Waals surface area (Å²) in [4.78, 5) is 12.0. The zero-order chi connectivity index (χ0) is 12.3. The summed E-state index contributed by atoms with van der Waals surface area (Å²) in [5.41, 5.74) is 3.38. The first-order valence-corrected chi connectivity index (χ1v) is 5.95. The van der Waals surface area contributed by atoms with Gasteiger partial charge in [-0.05, 0) is 30.5 Å². The fourth-order valence-corrected chi connectivity index (χ4v) is 1.97. The van der Waals surface area contributed by atoms with Crippen molar-refractivity contribution in [3.63, 3.8) is 0 Å². The summed E-state index contributed by atoms with van der Waals surface area (Å²) in [6, 6.07) is 13.9. The van der Waals surface area contributed by atoms with Crippen LogP contribution >= 0.6 is 0 Å².